The number of amides is 1. The maximum Gasteiger partial charge on any atom is 0.257 e. The van der Waals surface area contributed by atoms with Crippen molar-refractivity contribution in [1.82, 2.24) is 30.0 Å². The summed E-state index contributed by atoms with van der Waals surface area (Å²) in [4.78, 5) is 31.9. The third kappa shape index (κ3) is 3.18. The van der Waals surface area contributed by atoms with Gasteiger partial charge < -0.3 is 9.42 Å². The normalized spacial score (nSPS) is 16.7. The SMILES string of the molecule is Cc1nc(-c2c(C)noc2C)cc([C@@H]2CCCN2C(=O)c2cncnc2)n1. The Labute approximate surface area is 156 Å². The lowest BCUT2D eigenvalue weighted by atomic mass is 10.1. The van der Waals surface area contributed by atoms with E-state index >= 15 is 0 Å². The van der Waals surface area contributed by atoms with Gasteiger partial charge in [0.1, 0.15) is 17.9 Å². The van der Waals surface area contributed by atoms with Crippen molar-refractivity contribution in [2.75, 3.05) is 6.54 Å². The Morgan fingerprint density at radius 3 is 2.67 bits per heavy atom. The van der Waals surface area contributed by atoms with Gasteiger partial charge in [0.05, 0.1) is 34.3 Å². The van der Waals surface area contributed by atoms with Gasteiger partial charge in [-0.15, -0.1) is 0 Å². The number of nitrogens with zero attached hydrogens (tertiary/aromatic N) is 6. The lowest BCUT2D eigenvalue weighted by molar-refractivity contribution is 0.0731. The van der Waals surface area contributed by atoms with Crippen molar-refractivity contribution in [2.24, 2.45) is 0 Å². The van der Waals surface area contributed by atoms with Gasteiger partial charge in [-0.3, -0.25) is 4.79 Å². The molecule has 3 aromatic heterocycles. The fourth-order valence-electron chi connectivity index (χ4n) is 3.63. The molecule has 4 heterocycles. The van der Waals surface area contributed by atoms with Gasteiger partial charge in [0.15, 0.2) is 0 Å². The van der Waals surface area contributed by atoms with Crippen LogP contribution in [-0.2, 0) is 0 Å². The Balaban J connectivity index is 1.71. The van der Waals surface area contributed by atoms with Crippen LogP contribution in [0.15, 0.2) is 29.3 Å². The minimum atomic E-state index is -0.0985. The van der Waals surface area contributed by atoms with E-state index < -0.39 is 0 Å². The summed E-state index contributed by atoms with van der Waals surface area (Å²) in [7, 11) is 0. The molecule has 138 valence electrons. The largest absolute Gasteiger partial charge is 0.361 e. The molecular formula is C19H20N6O2. The summed E-state index contributed by atoms with van der Waals surface area (Å²) in [6, 6.07) is 1.84. The van der Waals surface area contributed by atoms with E-state index in [0.29, 0.717) is 17.9 Å². The first-order chi connectivity index (χ1) is 13.0. The van der Waals surface area contributed by atoms with Crippen molar-refractivity contribution in [2.45, 2.75) is 39.7 Å². The van der Waals surface area contributed by atoms with Crippen LogP contribution in [0, 0.1) is 20.8 Å². The van der Waals surface area contributed by atoms with Crippen molar-refractivity contribution in [3.05, 3.63) is 53.3 Å². The summed E-state index contributed by atoms with van der Waals surface area (Å²) in [6.45, 7) is 6.30. The lowest BCUT2D eigenvalue weighted by Crippen LogP contribution is -2.31. The van der Waals surface area contributed by atoms with Crippen LogP contribution >= 0.6 is 0 Å². The molecule has 0 aromatic carbocycles. The molecule has 0 saturated carbocycles. The average molecular weight is 364 g/mol. The van der Waals surface area contributed by atoms with E-state index in [4.69, 9.17) is 4.52 Å². The maximum atomic E-state index is 12.9. The highest BCUT2D eigenvalue weighted by Gasteiger charge is 2.32. The summed E-state index contributed by atoms with van der Waals surface area (Å²) < 4.78 is 5.28. The lowest BCUT2D eigenvalue weighted by Gasteiger charge is -2.24. The first-order valence-electron chi connectivity index (χ1n) is 8.89. The molecule has 1 saturated heterocycles. The molecule has 4 rings (SSSR count). The van der Waals surface area contributed by atoms with Crippen molar-refractivity contribution in [1.29, 1.82) is 0 Å². The zero-order valence-electron chi connectivity index (χ0n) is 15.5. The second kappa shape index (κ2) is 6.86. The first-order valence-corrected chi connectivity index (χ1v) is 8.89. The number of aromatic nitrogens is 5. The second-order valence-corrected chi connectivity index (χ2v) is 6.71. The van der Waals surface area contributed by atoms with Crippen LogP contribution in [0.3, 0.4) is 0 Å². The molecule has 0 spiro atoms. The predicted molar refractivity (Wildman–Crippen MR) is 96.8 cm³/mol. The van der Waals surface area contributed by atoms with E-state index in [-0.39, 0.29) is 11.9 Å². The fraction of sp³-hybridized carbons (Fsp3) is 0.368. The van der Waals surface area contributed by atoms with Crippen molar-refractivity contribution in [3.63, 3.8) is 0 Å². The fourth-order valence-corrected chi connectivity index (χ4v) is 3.63. The number of hydrogen-bond donors (Lipinski definition) is 0. The first kappa shape index (κ1) is 17.3. The van der Waals surface area contributed by atoms with Gasteiger partial charge in [-0.05, 0) is 39.7 Å². The Kier molecular flexibility index (Phi) is 4.39. The van der Waals surface area contributed by atoms with Crippen LogP contribution in [0.25, 0.3) is 11.3 Å². The number of hydrogen-bond acceptors (Lipinski definition) is 7. The summed E-state index contributed by atoms with van der Waals surface area (Å²) >= 11 is 0. The third-order valence-corrected chi connectivity index (χ3v) is 4.81. The molecule has 0 unspecified atom stereocenters. The van der Waals surface area contributed by atoms with Crippen LogP contribution in [0.1, 0.15) is 52.2 Å². The number of carbonyl (C=O) groups is 1. The quantitative estimate of drug-likeness (QED) is 0.705. The summed E-state index contributed by atoms with van der Waals surface area (Å²) in [5.74, 6) is 1.30. The molecule has 1 fully saturated rings. The van der Waals surface area contributed by atoms with Crippen LogP contribution in [0.5, 0.6) is 0 Å². The number of carbonyl (C=O) groups excluding carboxylic acids is 1. The highest BCUT2D eigenvalue weighted by atomic mass is 16.5. The van der Waals surface area contributed by atoms with E-state index in [1.54, 1.807) is 12.4 Å². The van der Waals surface area contributed by atoms with Crippen molar-refractivity contribution in [3.8, 4) is 11.3 Å². The van der Waals surface area contributed by atoms with Crippen molar-refractivity contribution < 1.29 is 9.32 Å². The topological polar surface area (TPSA) is 97.9 Å². The molecule has 0 N–H and O–H groups in total. The molecule has 1 amide bonds. The number of rotatable bonds is 3. The van der Waals surface area contributed by atoms with E-state index in [1.807, 2.05) is 31.7 Å². The van der Waals surface area contributed by atoms with E-state index in [2.05, 4.69) is 25.1 Å². The average Bonchev–Trinajstić information content (AvgIpc) is 3.28. The molecule has 8 heteroatoms. The molecule has 1 aliphatic rings. The van der Waals surface area contributed by atoms with E-state index in [0.717, 1.165) is 41.2 Å². The maximum absolute atomic E-state index is 12.9. The van der Waals surface area contributed by atoms with Crippen LogP contribution in [0.4, 0.5) is 0 Å². The minimum absolute atomic E-state index is 0.0757. The molecular weight excluding hydrogens is 344 g/mol. The van der Waals surface area contributed by atoms with Crippen LogP contribution in [-0.4, -0.2) is 42.4 Å². The van der Waals surface area contributed by atoms with Gasteiger partial charge in [0.2, 0.25) is 0 Å². The molecule has 1 atom stereocenters. The highest BCUT2D eigenvalue weighted by molar-refractivity contribution is 5.94. The van der Waals surface area contributed by atoms with Crippen LogP contribution in [0.2, 0.25) is 0 Å². The molecule has 0 radical (unpaired) electrons. The highest BCUT2D eigenvalue weighted by Crippen LogP contribution is 2.34. The van der Waals surface area contributed by atoms with Gasteiger partial charge in [-0.2, -0.15) is 0 Å². The molecule has 27 heavy (non-hydrogen) atoms. The number of aryl methyl sites for hydroxylation is 3. The minimum Gasteiger partial charge on any atom is -0.361 e. The van der Waals surface area contributed by atoms with E-state index in [1.165, 1.54) is 6.33 Å². The molecule has 0 bridgehead atoms. The zero-order chi connectivity index (χ0) is 19.0. The molecule has 8 nitrogen and oxygen atoms in total. The summed E-state index contributed by atoms with van der Waals surface area (Å²) in [5, 5.41) is 4.02. The Morgan fingerprint density at radius 1 is 1.19 bits per heavy atom. The number of likely N-dealkylation sites (tertiary alicyclic amines) is 1. The molecule has 0 aliphatic carbocycles. The van der Waals surface area contributed by atoms with Gasteiger partial charge in [-0.1, -0.05) is 5.16 Å². The second-order valence-electron chi connectivity index (χ2n) is 6.71. The van der Waals surface area contributed by atoms with Crippen LogP contribution < -0.4 is 0 Å². The smallest absolute Gasteiger partial charge is 0.257 e. The summed E-state index contributed by atoms with van der Waals surface area (Å²) in [6.07, 6.45) is 6.29. The van der Waals surface area contributed by atoms with Gasteiger partial charge >= 0.3 is 0 Å². The van der Waals surface area contributed by atoms with Gasteiger partial charge in [-0.25, -0.2) is 19.9 Å². The standard InChI is InChI=1S/C19H20N6O2/c1-11-18(12(2)27-24-11)16-7-15(22-13(3)23-16)17-5-4-6-25(17)19(26)14-8-20-10-21-9-14/h7-10,17H,4-6H2,1-3H3/t17-/m0/s1. The van der Waals surface area contributed by atoms with E-state index in [9.17, 15) is 4.79 Å². The Morgan fingerprint density at radius 2 is 1.96 bits per heavy atom. The van der Waals surface area contributed by atoms with Crippen molar-refractivity contribution >= 4 is 5.91 Å². The monoisotopic (exact) mass is 364 g/mol. The van der Waals surface area contributed by atoms with Gasteiger partial charge in [0.25, 0.3) is 5.91 Å². The van der Waals surface area contributed by atoms with Gasteiger partial charge in [0, 0.05) is 18.9 Å². The Hall–Kier alpha value is -3.16. The Bertz CT molecular complexity index is 966. The predicted octanol–water partition coefficient (Wildman–Crippen LogP) is 2.82. The zero-order valence-corrected chi connectivity index (χ0v) is 15.5. The third-order valence-electron chi connectivity index (χ3n) is 4.81. The molecule has 3 aromatic rings. The molecule has 1 aliphatic heterocycles. The summed E-state index contributed by atoms with van der Waals surface area (Å²) in [5.41, 5.74) is 3.77.